The number of aryl methyl sites for hydroxylation is 1. The van der Waals surface area contributed by atoms with E-state index in [1.54, 1.807) is 6.26 Å². The largest absolute Gasteiger partial charge is 0.468 e. The lowest BCUT2D eigenvalue weighted by Crippen LogP contribution is -2.44. The molecule has 0 aliphatic rings. The van der Waals surface area contributed by atoms with E-state index >= 15 is 0 Å². The molecule has 1 aromatic rings. The first-order valence-corrected chi connectivity index (χ1v) is 6.87. The van der Waals surface area contributed by atoms with Gasteiger partial charge in [0, 0.05) is 4.90 Å². The number of ketones is 1. The first kappa shape index (κ1) is 14.8. The number of thioether (sulfide) groups is 1. The zero-order chi connectivity index (χ0) is 13.7. The second-order valence-electron chi connectivity index (χ2n) is 4.53. The Hall–Kier alpha value is -1.23. The van der Waals surface area contributed by atoms with Crippen LogP contribution in [-0.2, 0) is 9.59 Å². The van der Waals surface area contributed by atoms with Crippen LogP contribution in [0.1, 0.15) is 26.5 Å². The number of nitrogens with one attached hydrogen (secondary N) is 1. The lowest BCUT2D eigenvalue weighted by Gasteiger charge is -2.19. The van der Waals surface area contributed by atoms with E-state index in [1.807, 2.05) is 26.8 Å². The number of carbonyl (C=O) groups is 2. The molecule has 1 rings (SSSR count). The molecule has 1 heterocycles. The molecule has 4 nitrogen and oxygen atoms in total. The molecular weight excluding hydrogens is 250 g/mol. The molecule has 100 valence electrons. The molecule has 1 N–H and O–H groups in total. The van der Waals surface area contributed by atoms with Crippen LogP contribution in [0.15, 0.2) is 21.6 Å². The minimum atomic E-state index is -0.399. The Morgan fingerprint density at radius 1 is 1.44 bits per heavy atom. The summed E-state index contributed by atoms with van der Waals surface area (Å²) < 4.78 is 5.15. The van der Waals surface area contributed by atoms with Crippen LogP contribution in [-0.4, -0.2) is 23.5 Å². The van der Waals surface area contributed by atoms with Crippen molar-refractivity contribution in [1.82, 2.24) is 5.32 Å². The van der Waals surface area contributed by atoms with Gasteiger partial charge < -0.3 is 9.73 Å². The summed E-state index contributed by atoms with van der Waals surface area (Å²) in [5.41, 5.74) is 0. The van der Waals surface area contributed by atoms with E-state index in [9.17, 15) is 9.59 Å². The standard InChI is InChI=1S/C13H19NO3S/c1-8(2)13(9(3)15)14-12(16)7-18-11-5-6-17-10(11)4/h5-6,8,13H,7H2,1-4H3,(H,14,16). The van der Waals surface area contributed by atoms with E-state index in [0.29, 0.717) is 0 Å². The van der Waals surface area contributed by atoms with Crippen LogP contribution >= 0.6 is 11.8 Å². The highest BCUT2D eigenvalue weighted by Crippen LogP contribution is 2.22. The maximum absolute atomic E-state index is 11.8. The summed E-state index contributed by atoms with van der Waals surface area (Å²) in [7, 11) is 0. The molecule has 0 aliphatic carbocycles. The van der Waals surface area contributed by atoms with Crippen molar-refractivity contribution in [2.75, 3.05) is 5.75 Å². The SMILES string of the molecule is CC(=O)C(NC(=O)CSc1ccoc1C)C(C)C. The van der Waals surface area contributed by atoms with E-state index in [1.165, 1.54) is 18.7 Å². The fraction of sp³-hybridized carbons (Fsp3) is 0.538. The number of furan rings is 1. The van der Waals surface area contributed by atoms with Crippen molar-refractivity contribution in [3.8, 4) is 0 Å². The Balaban J connectivity index is 2.46. The van der Waals surface area contributed by atoms with Crippen molar-refractivity contribution in [3.63, 3.8) is 0 Å². The first-order chi connectivity index (χ1) is 8.41. The molecule has 1 amide bonds. The van der Waals surface area contributed by atoms with Gasteiger partial charge in [0.15, 0.2) is 5.78 Å². The molecule has 1 unspecified atom stereocenters. The summed E-state index contributed by atoms with van der Waals surface area (Å²) in [5, 5.41) is 2.76. The summed E-state index contributed by atoms with van der Waals surface area (Å²) in [6.45, 7) is 7.18. The summed E-state index contributed by atoms with van der Waals surface area (Å²) in [6, 6.07) is 1.43. The van der Waals surface area contributed by atoms with Crippen molar-refractivity contribution in [2.24, 2.45) is 5.92 Å². The van der Waals surface area contributed by atoms with Gasteiger partial charge >= 0.3 is 0 Å². The van der Waals surface area contributed by atoms with E-state index < -0.39 is 6.04 Å². The van der Waals surface area contributed by atoms with E-state index in [4.69, 9.17) is 4.42 Å². The minimum absolute atomic E-state index is 0.0113. The molecule has 0 aromatic carbocycles. The topological polar surface area (TPSA) is 59.3 Å². The molecule has 0 fully saturated rings. The van der Waals surface area contributed by atoms with Gasteiger partial charge in [-0.2, -0.15) is 0 Å². The molecule has 0 radical (unpaired) electrons. The van der Waals surface area contributed by atoms with Crippen molar-refractivity contribution in [2.45, 2.75) is 38.6 Å². The van der Waals surface area contributed by atoms with Crippen LogP contribution in [0.4, 0.5) is 0 Å². The van der Waals surface area contributed by atoms with Crippen LogP contribution in [0.5, 0.6) is 0 Å². The van der Waals surface area contributed by atoms with Crippen molar-refractivity contribution >= 4 is 23.5 Å². The highest BCUT2D eigenvalue weighted by molar-refractivity contribution is 8.00. The molecule has 0 aliphatic heterocycles. The molecule has 0 saturated heterocycles. The number of Topliss-reactive ketones (excluding diaryl/α,β-unsaturated/α-hetero) is 1. The number of hydrogen-bond acceptors (Lipinski definition) is 4. The van der Waals surface area contributed by atoms with E-state index in [-0.39, 0.29) is 23.4 Å². The predicted octanol–water partition coefficient (Wildman–Crippen LogP) is 2.41. The third-order valence-corrected chi connectivity index (χ3v) is 3.73. The van der Waals surface area contributed by atoms with Gasteiger partial charge in [0.05, 0.1) is 18.1 Å². The smallest absolute Gasteiger partial charge is 0.230 e. The highest BCUT2D eigenvalue weighted by Gasteiger charge is 2.20. The Morgan fingerprint density at radius 2 is 2.11 bits per heavy atom. The normalized spacial score (nSPS) is 12.5. The lowest BCUT2D eigenvalue weighted by atomic mass is 10.0. The monoisotopic (exact) mass is 269 g/mol. The maximum Gasteiger partial charge on any atom is 0.230 e. The Bertz CT molecular complexity index is 426. The average molecular weight is 269 g/mol. The lowest BCUT2D eigenvalue weighted by molar-refractivity contribution is -0.126. The van der Waals surface area contributed by atoms with E-state index in [0.717, 1.165) is 10.7 Å². The molecule has 18 heavy (non-hydrogen) atoms. The minimum Gasteiger partial charge on any atom is -0.468 e. The highest BCUT2D eigenvalue weighted by atomic mass is 32.2. The molecule has 5 heteroatoms. The molecular formula is C13H19NO3S. The van der Waals surface area contributed by atoms with Gasteiger partial charge in [-0.25, -0.2) is 0 Å². The second kappa shape index (κ2) is 6.64. The van der Waals surface area contributed by atoms with Gasteiger partial charge in [-0.1, -0.05) is 13.8 Å². The van der Waals surface area contributed by atoms with Gasteiger partial charge in [-0.3, -0.25) is 9.59 Å². The summed E-state index contributed by atoms with van der Waals surface area (Å²) in [6.07, 6.45) is 1.60. The van der Waals surface area contributed by atoms with Crippen LogP contribution in [0.25, 0.3) is 0 Å². The van der Waals surface area contributed by atoms with Gasteiger partial charge in [-0.05, 0) is 25.8 Å². The molecule has 0 bridgehead atoms. The van der Waals surface area contributed by atoms with Gasteiger partial charge in [-0.15, -0.1) is 11.8 Å². The van der Waals surface area contributed by atoms with Crippen molar-refractivity contribution < 1.29 is 14.0 Å². The van der Waals surface area contributed by atoms with Gasteiger partial charge in [0.1, 0.15) is 5.76 Å². The van der Waals surface area contributed by atoms with Crippen molar-refractivity contribution in [3.05, 3.63) is 18.1 Å². The van der Waals surface area contributed by atoms with Crippen molar-refractivity contribution in [1.29, 1.82) is 0 Å². The molecule has 1 aromatic heterocycles. The molecule has 0 saturated carbocycles. The van der Waals surface area contributed by atoms with Crippen LogP contribution in [0, 0.1) is 12.8 Å². The zero-order valence-corrected chi connectivity index (χ0v) is 12.0. The first-order valence-electron chi connectivity index (χ1n) is 5.88. The fourth-order valence-electron chi connectivity index (χ4n) is 1.62. The average Bonchev–Trinajstić information content (AvgIpc) is 2.68. The van der Waals surface area contributed by atoms with Gasteiger partial charge in [0.25, 0.3) is 0 Å². The Kier molecular flexibility index (Phi) is 5.47. The molecule has 1 atom stereocenters. The Labute approximate surface area is 112 Å². The summed E-state index contributed by atoms with van der Waals surface area (Å²) in [4.78, 5) is 24.1. The third kappa shape index (κ3) is 4.22. The van der Waals surface area contributed by atoms with Gasteiger partial charge in [0.2, 0.25) is 5.91 Å². The number of hydrogen-bond donors (Lipinski definition) is 1. The number of rotatable bonds is 6. The quantitative estimate of drug-likeness (QED) is 0.806. The van der Waals surface area contributed by atoms with Crippen LogP contribution < -0.4 is 5.32 Å². The zero-order valence-electron chi connectivity index (χ0n) is 11.1. The van der Waals surface area contributed by atoms with Crippen LogP contribution in [0.3, 0.4) is 0 Å². The summed E-state index contributed by atoms with van der Waals surface area (Å²) >= 11 is 1.41. The second-order valence-corrected chi connectivity index (χ2v) is 5.55. The molecule has 0 spiro atoms. The fourth-order valence-corrected chi connectivity index (χ4v) is 2.39. The Morgan fingerprint density at radius 3 is 2.56 bits per heavy atom. The number of carbonyl (C=O) groups excluding carboxylic acids is 2. The van der Waals surface area contributed by atoms with Crippen LogP contribution in [0.2, 0.25) is 0 Å². The maximum atomic E-state index is 11.8. The third-order valence-electron chi connectivity index (χ3n) is 2.59. The number of amides is 1. The van der Waals surface area contributed by atoms with E-state index in [2.05, 4.69) is 5.32 Å². The predicted molar refractivity (Wildman–Crippen MR) is 71.6 cm³/mol. The summed E-state index contributed by atoms with van der Waals surface area (Å²) in [5.74, 6) is 1.06.